The van der Waals surface area contributed by atoms with Crippen LogP contribution in [0.3, 0.4) is 0 Å². The molecule has 3 heteroatoms. The fourth-order valence-electron chi connectivity index (χ4n) is 2.21. The summed E-state index contributed by atoms with van der Waals surface area (Å²) in [5, 5.41) is 7.97. The molecule has 0 aliphatic rings. The number of benzene rings is 1. The molecule has 0 aliphatic carbocycles. The van der Waals surface area contributed by atoms with E-state index >= 15 is 0 Å². The molecule has 0 fully saturated rings. The van der Waals surface area contributed by atoms with Crippen LogP contribution in [-0.2, 0) is 6.42 Å². The molecule has 0 bridgehead atoms. The number of rotatable bonds is 7. The molecule has 19 heavy (non-hydrogen) atoms. The fourth-order valence-corrected chi connectivity index (χ4v) is 3.68. The third-order valence-electron chi connectivity index (χ3n) is 3.24. The van der Waals surface area contributed by atoms with E-state index in [4.69, 9.17) is 0 Å². The van der Waals surface area contributed by atoms with E-state index in [-0.39, 0.29) is 0 Å². The van der Waals surface area contributed by atoms with Crippen molar-refractivity contribution in [1.82, 2.24) is 5.32 Å². The van der Waals surface area contributed by atoms with Gasteiger partial charge >= 0.3 is 0 Å². The SMILES string of the molecule is CCCNCC(Cc1cscc1Br)c1ccccc1. The minimum Gasteiger partial charge on any atom is -0.316 e. The standard InChI is InChI=1S/C16H20BrNS/c1-2-8-18-10-14(13-6-4-3-5-7-13)9-15-11-19-12-16(15)17/h3-7,11-12,14,18H,2,8-10H2,1H3. The minimum absolute atomic E-state index is 0.540. The first-order valence-corrected chi connectivity index (χ1v) is 8.51. The first kappa shape index (κ1) is 14.8. The summed E-state index contributed by atoms with van der Waals surface area (Å²) in [5.41, 5.74) is 2.83. The molecule has 102 valence electrons. The number of nitrogens with one attached hydrogen (secondary N) is 1. The zero-order valence-corrected chi connectivity index (χ0v) is 13.6. The maximum atomic E-state index is 3.64. The Kier molecular flexibility index (Phi) is 6.08. The van der Waals surface area contributed by atoms with Crippen molar-refractivity contribution in [3.05, 3.63) is 56.7 Å². The highest BCUT2D eigenvalue weighted by Gasteiger charge is 2.14. The predicted octanol–water partition coefficient (Wildman–Crippen LogP) is 4.84. The lowest BCUT2D eigenvalue weighted by Gasteiger charge is -2.18. The van der Waals surface area contributed by atoms with Crippen LogP contribution in [0.5, 0.6) is 0 Å². The predicted molar refractivity (Wildman–Crippen MR) is 88.1 cm³/mol. The van der Waals surface area contributed by atoms with Gasteiger partial charge in [0.1, 0.15) is 0 Å². The van der Waals surface area contributed by atoms with Crippen LogP contribution in [0.2, 0.25) is 0 Å². The molecule has 1 aromatic heterocycles. The summed E-state index contributed by atoms with van der Waals surface area (Å²) in [6, 6.07) is 10.8. The molecule has 0 saturated carbocycles. The van der Waals surface area contributed by atoms with Crippen molar-refractivity contribution < 1.29 is 0 Å². The number of hydrogen-bond donors (Lipinski definition) is 1. The normalized spacial score (nSPS) is 12.5. The average Bonchev–Trinajstić information content (AvgIpc) is 2.84. The lowest BCUT2D eigenvalue weighted by Crippen LogP contribution is -2.23. The highest BCUT2D eigenvalue weighted by Crippen LogP contribution is 2.27. The molecule has 1 aromatic carbocycles. The molecule has 0 amide bonds. The largest absolute Gasteiger partial charge is 0.316 e. The Morgan fingerprint density at radius 2 is 2.00 bits per heavy atom. The minimum atomic E-state index is 0.540. The molecule has 1 unspecified atom stereocenters. The molecule has 1 atom stereocenters. The molecule has 0 spiro atoms. The van der Waals surface area contributed by atoms with Crippen molar-refractivity contribution in [3.63, 3.8) is 0 Å². The van der Waals surface area contributed by atoms with Crippen molar-refractivity contribution in [2.45, 2.75) is 25.7 Å². The molecule has 0 radical (unpaired) electrons. The van der Waals surface area contributed by atoms with Gasteiger partial charge in [0.15, 0.2) is 0 Å². The maximum Gasteiger partial charge on any atom is 0.0314 e. The molecular weight excluding hydrogens is 318 g/mol. The Morgan fingerprint density at radius 3 is 2.63 bits per heavy atom. The second-order valence-corrected chi connectivity index (χ2v) is 6.36. The van der Waals surface area contributed by atoms with Crippen molar-refractivity contribution >= 4 is 27.3 Å². The molecule has 0 saturated heterocycles. The summed E-state index contributed by atoms with van der Waals surface area (Å²) < 4.78 is 1.24. The zero-order chi connectivity index (χ0) is 13.5. The summed E-state index contributed by atoms with van der Waals surface area (Å²) in [6.45, 7) is 4.34. The second-order valence-electron chi connectivity index (χ2n) is 4.76. The third-order valence-corrected chi connectivity index (χ3v) is 5.08. The monoisotopic (exact) mass is 337 g/mol. The van der Waals surface area contributed by atoms with Gasteiger partial charge in [-0.25, -0.2) is 0 Å². The van der Waals surface area contributed by atoms with Crippen molar-refractivity contribution in [1.29, 1.82) is 0 Å². The molecule has 1 nitrogen and oxygen atoms in total. The Balaban J connectivity index is 2.08. The van der Waals surface area contributed by atoms with E-state index in [1.54, 1.807) is 11.3 Å². The molecule has 2 aromatic rings. The smallest absolute Gasteiger partial charge is 0.0314 e. The third kappa shape index (κ3) is 4.44. The second kappa shape index (κ2) is 7.83. The van der Waals surface area contributed by atoms with E-state index in [1.807, 2.05) is 0 Å². The van der Waals surface area contributed by atoms with Crippen LogP contribution < -0.4 is 5.32 Å². The van der Waals surface area contributed by atoms with E-state index in [0.29, 0.717) is 5.92 Å². The van der Waals surface area contributed by atoms with Crippen LogP contribution in [0.1, 0.15) is 30.4 Å². The highest BCUT2D eigenvalue weighted by atomic mass is 79.9. The molecule has 0 aliphatic heterocycles. The van der Waals surface area contributed by atoms with Gasteiger partial charge in [-0.15, -0.1) is 0 Å². The van der Waals surface area contributed by atoms with Gasteiger partial charge < -0.3 is 5.32 Å². The number of halogens is 1. The summed E-state index contributed by atoms with van der Waals surface area (Å²) in [5.74, 6) is 0.540. The van der Waals surface area contributed by atoms with Gasteiger partial charge in [-0.05, 0) is 51.8 Å². The topological polar surface area (TPSA) is 12.0 Å². The highest BCUT2D eigenvalue weighted by molar-refractivity contribution is 9.10. The number of hydrogen-bond acceptors (Lipinski definition) is 2. The van der Waals surface area contributed by atoms with Gasteiger partial charge in [-0.3, -0.25) is 0 Å². The Hall–Kier alpha value is -0.640. The Labute approximate surface area is 128 Å². The first-order chi connectivity index (χ1) is 9.31. The average molecular weight is 338 g/mol. The van der Waals surface area contributed by atoms with Crippen LogP contribution in [0.15, 0.2) is 45.6 Å². The van der Waals surface area contributed by atoms with Crippen LogP contribution in [0, 0.1) is 0 Å². The van der Waals surface area contributed by atoms with Gasteiger partial charge in [-0.2, -0.15) is 11.3 Å². The summed E-state index contributed by atoms with van der Waals surface area (Å²) in [4.78, 5) is 0. The van der Waals surface area contributed by atoms with Crippen molar-refractivity contribution in [2.75, 3.05) is 13.1 Å². The van der Waals surface area contributed by atoms with Crippen LogP contribution in [0.25, 0.3) is 0 Å². The summed E-state index contributed by atoms with van der Waals surface area (Å²) in [7, 11) is 0. The molecule has 2 rings (SSSR count). The van der Waals surface area contributed by atoms with Crippen LogP contribution >= 0.6 is 27.3 Å². The van der Waals surface area contributed by atoms with E-state index < -0.39 is 0 Å². The van der Waals surface area contributed by atoms with Crippen molar-refractivity contribution in [3.8, 4) is 0 Å². The van der Waals surface area contributed by atoms with Crippen LogP contribution in [-0.4, -0.2) is 13.1 Å². The van der Waals surface area contributed by atoms with Crippen molar-refractivity contribution in [2.24, 2.45) is 0 Å². The van der Waals surface area contributed by atoms with Gasteiger partial charge in [0.05, 0.1) is 0 Å². The van der Waals surface area contributed by atoms with E-state index in [9.17, 15) is 0 Å². The Morgan fingerprint density at radius 1 is 1.21 bits per heavy atom. The maximum absolute atomic E-state index is 3.64. The van der Waals surface area contributed by atoms with Gasteiger partial charge in [0, 0.05) is 22.3 Å². The molecular formula is C16H20BrNS. The quantitative estimate of drug-likeness (QED) is 0.713. The number of thiophene rings is 1. The fraction of sp³-hybridized carbons (Fsp3) is 0.375. The summed E-state index contributed by atoms with van der Waals surface area (Å²) in [6.07, 6.45) is 2.27. The lowest BCUT2D eigenvalue weighted by atomic mass is 9.93. The summed E-state index contributed by atoms with van der Waals surface area (Å²) >= 11 is 5.40. The van der Waals surface area contributed by atoms with Crippen LogP contribution in [0.4, 0.5) is 0 Å². The molecule has 1 N–H and O–H groups in total. The zero-order valence-electron chi connectivity index (χ0n) is 11.2. The Bertz CT molecular complexity index is 481. The van der Waals surface area contributed by atoms with Gasteiger partial charge in [0.2, 0.25) is 0 Å². The lowest BCUT2D eigenvalue weighted by molar-refractivity contribution is 0.576. The van der Waals surface area contributed by atoms with Gasteiger partial charge in [-0.1, -0.05) is 37.3 Å². The first-order valence-electron chi connectivity index (χ1n) is 6.77. The van der Waals surface area contributed by atoms with E-state index in [1.165, 1.54) is 22.0 Å². The van der Waals surface area contributed by atoms with E-state index in [2.05, 4.69) is 69.3 Å². The van der Waals surface area contributed by atoms with E-state index in [0.717, 1.165) is 19.5 Å². The van der Waals surface area contributed by atoms with Gasteiger partial charge in [0.25, 0.3) is 0 Å². The molecule has 1 heterocycles.